The van der Waals surface area contributed by atoms with E-state index in [1.807, 2.05) is 55.5 Å². The van der Waals surface area contributed by atoms with Gasteiger partial charge in [-0.15, -0.1) is 0 Å². The zero-order chi connectivity index (χ0) is 18.9. The predicted octanol–water partition coefficient (Wildman–Crippen LogP) is 3.21. The molecule has 0 unspecified atom stereocenters. The van der Waals surface area contributed by atoms with Gasteiger partial charge in [0.1, 0.15) is 0 Å². The Hall–Kier alpha value is -2.67. The first-order valence-electron chi connectivity index (χ1n) is 7.96. The van der Waals surface area contributed by atoms with Crippen LogP contribution in [0.2, 0.25) is 0 Å². The molecule has 0 heterocycles. The first-order valence-corrected chi connectivity index (χ1v) is 8.75. The van der Waals surface area contributed by atoms with E-state index in [2.05, 4.69) is 26.4 Å². The van der Waals surface area contributed by atoms with Crippen LogP contribution in [-0.4, -0.2) is 43.1 Å². The Morgan fingerprint density at radius 2 is 1.88 bits per heavy atom. The van der Waals surface area contributed by atoms with Crippen LogP contribution in [-0.2, 0) is 14.4 Å². The number of oxime groups is 1. The van der Waals surface area contributed by atoms with Crippen LogP contribution in [0.1, 0.15) is 11.1 Å². The van der Waals surface area contributed by atoms with Crippen molar-refractivity contribution < 1.29 is 14.4 Å². The van der Waals surface area contributed by atoms with Gasteiger partial charge in [0.2, 0.25) is 5.91 Å². The number of carbonyl (C=O) groups is 2. The minimum Gasteiger partial charge on any atom is -0.386 e. The number of benzene rings is 2. The van der Waals surface area contributed by atoms with Crippen LogP contribution in [0, 0.1) is 6.92 Å². The van der Waals surface area contributed by atoms with Gasteiger partial charge in [0.15, 0.2) is 6.61 Å². The van der Waals surface area contributed by atoms with Gasteiger partial charge in [-0.2, -0.15) is 0 Å². The summed E-state index contributed by atoms with van der Waals surface area (Å²) in [6, 6.07) is 14.9. The lowest BCUT2D eigenvalue weighted by Crippen LogP contribution is -2.36. The number of nitrogens with zero attached hydrogens (tertiary/aromatic N) is 2. The maximum atomic E-state index is 12.0. The molecule has 0 radical (unpaired) electrons. The van der Waals surface area contributed by atoms with E-state index in [1.165, 1.54) is 18.2 Å². The van der Waals surface area contributed by atoms with Gasteiger partial charge in [0.05, 0.1) is 12.8 Å². The molecule has 0 aliphatic rings. The Labute approximate surface area is 161 Å². The third-order valence-electron chi connectivity index (χ3n) is 3.50. The molecule has 0 aliphatic heterocycles. The Kier molecular flexibility index (Phi) is 7.35. The zero-order valence-corrected chi connectivity index (χ0v) is 16.2. The molecule has 26 heavy (non-hydrogen) atoms. The van der Waals surface area contributed by atoms with Crippen molar-refractivity contribution in [3.63, 3.8) is 0 Å². The molecule has 0 aromatic heterocycles. The predicted molar refractivity (Wildman–Crippen MR) is 105 cm³/mol. The molecule has 0 spiro atoms. The van der Waals surface area contributed by atoms with Gasteiger partial charge < -0.3 is 15.1 Å². The van der Waals surface area contributed by atoms with E-state index in [0.29, 0.717) is 5.69 Å². The average molecular weight is 418 g/mol. The van der Waals surface area contributed by atoms with Crippen molar-refractivity contribution in [3.05, 3.63) is 64.1 Å². The number of amides is 2. The molecule has 136 valence electrons. The lowest BCUT2D eigenvalue weighted by atomic mass is 10.2. The molecule has 2 aromatic rings. The summed E-state index contributed by atoms with van der Waals surface area (Å²) in [6.45, 7) is 1.66. The molecule has 0 aliphatic carbocycles. The molecule has 0 saturated heterocycles. The van der Waals surface area contributed by atoms with Crippen LogP contribution < -0.4 is 5.32 Å². The van der Waals surface area contributed by atoms with E-state index >= 15 is 0 Å². The van der Waals surface area contributed by atoms with E-state index in [-0.39, 0.29) is 25.0 Å². The van der Waals surface area contributed by atoms with E-state index in [0.717, 1.165) is 15.6 Å². The average Bonchev–Trinajstić information content (AvgIpc) is 2.61. The van der Waals surface area contributed by atoms with E-state index < -0.39 is 0 Å². The highest BCUT2D eigenvalue weighted by molar-refractivity contribution is 9.10. The monoisotopic (exact) mass is 417 g/mol. The lowest BCUT2D eigenvalue weighted by molar-refractivity contribution is -0.137. The molecule has 0 saturated carbocycles. The molecule has 2 aromatic carbocycles. The molecule has 2 rings (SSSR count). The summed E-state index contributed by atoms with van der Waals surface area (Å²) in [5.74, 6) is -0.616. The van der Waals surface area contributed by atoms with Crippen LogP contribution in [0.3, 0.4) is 0 Å². The SMILES string of the molecule is Cc1ccc(NC(=O)CN(C)C(=O)CO/N=C\c2ccccc2Br)cc1. The van der Waals surface area contributed by atoms with Crippen LogP contribution in [0.15, 0.2) is 58.2 Å². The van der Waals surface area contributed by atoms with Gasteiger partial charge in [-0.25, -0.2) is 0 Å². The Bertz CT molecular complexity index is 791. The first-order chi connectivity index (χ1) is 12.5. The largest absolute Gasteiger partial charge is 0.386 e. The van der Waals surface area contributed by atoms with Crippen LogP contribution in [0.25, 0.3) is 0 Å². The molecular weight excluding hydrogens is 398 g/mol. The van der Waals surface area contributed by atoms with Crippen molar-refractivity contribution in [3.8, 4) is 0 Å². The summed E-state index contributed by atoms with van der Waals surface area (Å²) in [6.07, 6.45) is 1.52. The Morgan fingerprint density at radius 1 is 1.19 bits per heavy atom. The number of halogens is 1. The minimum absolute atomic E-state index is 0.0655. The quantitative estimate of drug-likeness (QED) is 0.555. The van der Waals surface area contributed by atoms with Crippen LogP contribution >= 0.6 is 15.9 Å². The summed E-state index contributed by atoms with van der Waals surface area (Å²) in [5.41, 5.74) is 2.64. The number of likely N-dealkylation sites (N-methyl/N-ethyl adjacent to an activating group) is 1. The topological polar surface area (TPSA) is 71.0 Å². The summed E-state index contributed by atoms with van der Waals surface area (Å²) in [5, 5.41) is 6.52. The second kappa shape index (κ2) is 9.72. The normalized spacial score (nSPS) is 10.6. The molecule has 0 atom stereocenters. The van der Waals surface area contributed by atoms with E-state index in [1.54, 1.807) is 0 Å². The Morgan fingerprint density at radius 3 is 2.58 bits per heavy atom. The summed E-state index contributed by atoms with van der Waals surface area (Å²) in [4.78, 5) is 30.3. The Balaban J connectivity index is 1.75. The molecule has 0 fully saturated rings. The van der Waals surface area contributed by atoms with Crippen molar-refractivity contribution in [1.82, 2.24) is 4.90 Å². The number of hydrogen-bond donors (Lipinski definition) is 1. The summed E-state index contributed by atoms with van der Waals surface area (Å²) in [7, 11) is 1.54. The molecule has 1 N–H and O–H groups in total. The lowest BCUT2D eigenvalue weighted by Gasteiger charge is -2.16. The van der Waals surface area contributed by atoms with Gasteiger partial charge in [-0.05, 0) is 25.1 Å². The maximum absolute atomic E-state index is 12.0. The third-order valence-corrected chi connectivity index (χ3v) is 4.22. The standard InChI is InChI=1S/C19H20BrN3O3/c1-14-7-9-16(10-8-14)22-18(24)12-23(2)19(25)13-26-21-11-15-5-3-4-6-17(15)20/h3-11H,12-13H2,1-2H3,(H,22,24)/b21-11-. The van der Waals surface area contributed by atoms with Crippen molar-refractivity contribution in [2.45, 2.75) is 6.92 Å². The second-order valence-corrected chi connectivity index (χ2v) is 6.55. The van der Waals surface area contributed by atoms with E-state index in [4.69, 9.17) is 4.84 Å². The first kappa shape index (κ1) is 19.7. The highest BCUT2D eigenvalue weighted by Gasteiger charge is 2.13. The maximum Gasteiger partial charge on any atom is 0.263 e. The highest BCUT2D eigenvalue weighted by Crippen LogP contribution is 2.13. The smallest absolute Gasteiger partial charge is 0.263 e. The van der Waals surface area contributed by atoms with E-state index in [9.17, 15) is 9.59 Å². The van der Waals surface area contributed by atoms with Gasteiger partial charge in [-0.3, -0.25) is 9.59 Å². The van der Waals surface area contributed by atoms with Gasteiger partial charge in [-0.1, -0.05) is 57.0 Å². The molecule has 7 heteroatoms. The molecule has 2 amide bonds. The van der Waals surface area contributed by atoms with Gasteiger partial charge >= 0.3 is 0 Å². The molecule has 6 nitrogen and oxygen atoms in total. The number of aryl methyl sites for hydroxylation is 1. The number of anilines is 1. The third kappa shape index (κ3) is 6.33. The van der Waals surface area contributed by atoms with Crippen molar-refractivity contribution in [2.75, 3.05) is 25.5 Å². The molecule has 0 bridgehead atoms. The summed E-state index contributed by atoms with van der Waals surface area (Å²) >= 11 is 3.39. The number of hydrogen-bond acceptors (Lipinski definition) is 4. The summed E-state index contributed by atoms with van der Waals surface area (Å²) < 4.78 is 0.878. The second-order valence-electron chi connectivity index (χ2n) is 5.69. The van der Waals surface area contributed by atoms with Gasteiger partial charge in [0.25, 0.3) is 5.91 Å². The molecular formula is C19H20BrN3O3. The zero-order valence-electron chi connectivity index (χ0n) is 14.6. The van der Waals surface area contributed by atoms with Crippen molar-refractivity contribution in [2.24, 2.45) is 5.16 Å². The minimum atomic E-state index is -0.340. The number of rotatable bonds is 7. The fraction of sp³-hybridized carbons (Fsp3) is 0.211. The van der Waals surface area contributed by atoms with Crippen molar-refractivity contribution in [1.29, 1.82) is 0 Å². The fourth-order valence-electron chi connectivity index (χ4n) is 2.02. The van der Waals surface area contributed by atoms with Crippen LogP contribution in [0.5, 0.6) is 0 Å². The highest BCUT2D eigenvalue weighted by atomic mass is 79.9. The number of carbonyl (C=O) groups excluding carboxylic acids is 2. The van der Waals surface area contributed by atoms with Crippen molar-refractivity contribution >= 4 is 39.6 Å². The van der Waals surface area contributed by atoms with Crippen LogP contribution in [0.4, 0.5) is 5.69 Å². The van der Waals surface area contributed by atoms with Gasteiger partial charge in [0, 0.05) is 22.8 Å². The number of nitrogens with one attached hydrogen (secondary N) is 1. The fourth-order valence-corrected chi connectivity index (χ4v) is 2.40.